The van der Waals surface area contributed by atoms with E-state index >= 15 is 0 Å². The van der Waals surface area contributed by atoms with Gasteiger partial charge in [-0.05, 0) is 13.0 Å². The first-order valence-corrected chi connectivity index (χ1v) is 7.40. The molecule has 0 aliphatic carbocycles. The van der Waals surface area contributed by atoms with Gasteiger partial charge in [0, 0.05) is 18.5 Å². The second-order valence-corrected chi connectivity index (χ2v) is 7.41. The third-order valence-corrected chi connectivity index (χ3v) is 5.24. The highest BCUT2D eigenvalue weighted by molar-refractivity contribution is 7.68. The SMILES string of the molecule is CC(C)CN(C)P(C)(=O)c1ccccc1. The highest BCUT2D eigenvalue weighted by atomic mass is 31.2. The van der Waals surface area contributed by atoms with Gasteiger partial charge >= 0.3 is 0 Å². The highest BCUT2D eigenvalue weighted by Crippen LogP contribution is 2.43. The molecule has 0 spiro atoms. The molecule has 0 N–H and O–H groups in total. The fourth-order valence-corrected chi connectivity index (χ4v) is 3.34. The quantitative estimate of drug-likeness (QED) is 0.734. The van der Waals surface area contributed by atoms with E-state index in [1.165, 1.54) is 0 Å². The number of nitrogens with zero attached hydrogens (tertiary/aromatic N) is 1. The first kappa shape index (κ1) is 12.5. The van der Waals surface area contributed by atoms with Gasteiger partial charge in [0.15, 0.2) is 7.29 Å². The molecule has 1 aromatic rings. The second kappa shape index (κ2) is 4.96. The minimum atomic E-state index is -2.36. The van der Waals surface area contributed by atoms with Gasteiger partial charge in [0.25, 0.3) is 0 Å². The summed E-state index contributed by atoms with van der Waals surface area (Å²) in [7, 11) is -0.418. The molecule has 2 nitrogen and oxygen atoms in total. The van der Waals surface area contributed by atoms with Crippen LogP contribution in [0, 0.1) is 5.92 Å². The molecule has 0 bridgehead atoms. The maximum Gasteiger partial charge on any atom is 0.175 e. The van der Waals surface area contributed by atoms with E-state index in [1.807, 2.05) is 48.7 Å². The molecule has 84 valence electrons. The fraction of sp³-hybridized carbons (Fsp3) is 0.500. The summed E-state index contributed by atoms with van der Waals surface area (Å²) in [6.45, 7) is 6.98. The predicted octanol–water partition coefficient (Wildman–Crippen LogP) is 2.81. The lowest BCUT2D eigenvalue weighted by atomic mass is 10.2. The Kier molecular flexibility index (Phi) is 4.12. The predicted molar refractivity (Wildman–Crippen MR) is 67.1 cm³/mol. The summed E-state index contributed by atoms with van der Waals surface area (Å²) < 4.78 is 14.6. The molecule has 1 unspecified atom stereocenters. The molecule has 0 heterocycles. The molecule has 0 saturated carbocycles. The number of rotatable bonds is 4. The van der Waals surface area contributed by atoms with Gasteiger partial charge in [-0.1, -0.05) is 44.2 Å². The molecule has 0 saturated heterocycles. The second-order valence-electron chi connectivity index (χ2n) is 4.45. The van der Waals surface area contributed by atoms with Gasteiger partial charge < -0.3 is 4.57 Å². The maximum atomic E-state index is 12.6. The lowest BCUT2D eigenvalue weighted by Crippen LogP contribution is -2.25. The molecule has 3 heteroatoms. The molecule has 15 heavy (non-hydrogen) atoms. The smallest absolute Gasteiger partial charge is 0.175 e. The molecule has 1 rings (SSSR count). The zero-order valence-corrected chi connectivity index (χ0v) is 10.9. The summed E-state index contributed by atoms with van der Waals surface area (Å²) in [6.07, 6.45) is 0. The van der Waals surface area contributed by atoms with Crippen LogP contribution in [0.4, 0.5) is 0 Å². The van der Waals surface area contributed by atoms with Crippen LogP contribution >= 0.6 is 7.29 Å². The Morgan fingerprint density at radius 2 is 1.80 bits per heavy atom. The van der Waals surface area contributed by atoms with Gasteiger partial charge in [0.05, 0.1) is 0 Å². The van der Waals surface area contributed by atoms with Crippen LogP contribution in [0.1, 0.15) is 13.8 Å². The lowest BCUT2D eigenvalue weighted by Gasteiger charge is -2.26. The topological polar surface area (TPSA) is 20.3 Å². The van der Waals surface area contributed by atoms with Crippen molar-refractivity contribution < 1.29 is 4.57 Å². The summed E-state index contributed by atoms with van der Waals surface area (Å²) in [5.74, 6) is 0.534. The largest absolute Gasteiger partial charge is 0.302 e. The molecule has 1 aromatic carbocycles. The van der Waals surface area contributed by atoms with Crippen LogP contribution in [0.15, 0.2) is 30.3 Å². The van der Waals surface area contributed by atoms with Crippen molar-refractivity contribution in [1.82, 2.24) is 4.67 Å². The molecule has 0 fully saturated rings. The van der Waals surface area contributed by atoms with Crippen LogP contribution in [0.2, 0.25) is 0 Å². The average molecular weight is 225 g/mol. The van der Waals surface area contributed by atoms with E-state index in [1.54, 1.807) is 0 Å². The zero-order chi connectivity index (χ0) is 11.5. The van der Waals surface area contributed by atoms with Crippen LogP contribution in [0.5, 0.6) is 0 Å². The Labute approximate surface area is 92.7 Å². The van der Waals surface area contributed by atoms with E-state index in [2.05, 4.69) is 13.8 Å². The average Bonchev–Trinajstić information content (AvgIpc) is 2.18. The van der Waals surface area contributed by atoms with Gasteiger partial charge in [-0.3, -0.25) is 4.67 Å². The van der Waals surface area contributed by atoms with Crippen molar-refractivity contribution in [3.05, 3.63) is 30.3 Å². The van der Waals surface area contributed by atoms with Crippen molar-refractivity contribution in [2.24, 2.45) is 5.92 Å². The number of benzene rings is 1. The van der Waals surface area contributed by atoms with E-state index in [-0.39, 0.29) is 0 Å². The summed E-state index contributed by atoms with van der Waals surface area (Å²) >= 11 is 0. The van der Waals surface area contributed by atoms with Crippen LogP contribution in [-0.4, -0.2) is 24.9 Å². The van der Waals surface area contributed by atoms with Crippen LogP contribution in [-0.2, 0) is 4.57 Å². The van der Waals surface area contributed by atoms with Gasteiger partial charge in [0.1, 0.15) is 0 Å². The van der Waals surface area contributed by atoms with E-state index < -0.39 is 7.29 Å². The molecule has 0 aromatic heterocycles. The highest BCUT2D eigenvalue weighted by Gasteiger charge is 2.23. The van der Waals surface area contributed by atoms with Gasteiger partial charge in [0.2, 0.25) is 0 Å². The monoisotopic (exact) mass is 225 g/mol. The summed E-state index contributed by atoms with van der Waals surface area (Å²) in [4.78, 5) is 0. The van der Waals surface area contributed by atoms with E-state index in [0.29, 0.717) is 5.92 Å². The fourth-order valence-electron chi connectivity index (χ4n) is 1.59. The van der Waals surface area contributed by atoms with Crippen molar-refractivity contribution in [3.63, 3.8) is 0 Å². The third kappa shape index (κ3) is 3.19. The molecular weight excluding hydrogens is 205 g/mol. The van der Waals surface area contributed by atoms with E-state index in [9.17, 15) is 4.57 Å². The number of hydrogen-bond acceptors (Lipinski definition) is 1. The molecule has 0 radical (unpaired) electrons. The van der Waals surface area contributed by atoms with Crippen LogP contribution in [0.3, 0.4) is 0 Å². The molecule has 0 amide bonds. The molecular formula is C12H20NOP. The lowest BCUT2D eigenvalue weighted by molar-refractivity contribution is 0.424. The Balaban J connectivity index is 2.88. The molecule has 0 aliphatic heterocycles. The first-order chi connectivity index (χ1) is 6.94. The third-order valence-electron chi connectivity index (χ3n) is 2.52. The summed E-state index contributed by atoms with van der Waals surface area (Å²) in [5, 5.41) is 0.938. The van der Waals surface area contributed by atoms with Crippen molar-refractivity contribution in [2.75, 3.05) is 20.3 Å². The summed E-state index contributed by atoms with van der Waals surface area (Å²) in [6, 6.07) is 9.71. The Hall–Kier alpha value is -0.590. The van der Waals surface area contributed by atoms with Crippen molar-refractivity contribution in [3.8, 4) is 0 Å². The van der Waals surface area contributed by atoms with Gasteiger partial charge in [-0.15, -0.1) is 0 Å². The minimum absolute atomic E-state index is 0.534. The summed E-state index contributed by atoms with van der Waals surface area (Å²) in [5.41, 5.74) is 0. The Morgan fingerprint density at radius 1 is 1.27 bits per heavy atom. The Morgan fingerprint density at radius 3 is 2.27 bits per heavy atom. The van der Waals surface area contributed by atoms with Crippen molar-refractivity contribution >= 4 is 12.6 Å². The molecule has 0 aliphatic rings. The van der Waals surface area contributed by atoms with Crippen molar-refractivity contribution in [1.29, 1.82) is 0 Å². The maximum absolute atomic E-state index is 12.6. The number of hydrogen-bond donors (Lipinski definition) is 0. The molecule has 1 atom stereocenters. The zero-order valence-electron chi connectivity index (χ0n) is 9.97. The normalized spacial score (nSPS) is 15.6. The Bertz CT molecular complexity index is 348. The van der Waals surface area contributed by atoms with Crippen LogP contribution in [0.25, 0.3) is 0 Å². The van der Waals surface area contributed by atoms with Gasteiger partial charge in [-0.2, -0.15) is 0 Å². The van der Waals surface area contributed by atoms with Gasteiger partial charge in [-0.25, -0.2) is 0 Å². The van der Waals surface area contributed by atoms with E-state index in [4.69, 9.17) is 0 Å². The van der Waals surface area contributed by atoms with E-state index in [0.717, 1.165) is 11.8 Å². The van der Waals surface area contributed by atoms with Crippen LogP contribution < -0.4 is 5.30 Å². The van der Waals surface area contributed by atoms with Crippen molar-refractivity contribution in [2.45, 2.75) is 13.8 Å². The minimum Gasteiger partial charge on any atom is -0.302 e. The first-order valence-electron chi connectivity index (χ1n) is 5.29. The standard InChI is InChI=1S/C12H20NOP/c1-11(2)10-13(3)15(4,14)12-8-6-5-7-9-12/h5-9,11H,10H2,1-4H3.